The number of fused-ring (bicyclic) bond motifs is 1. The Kier molecular flexibility index (Phi) is 4.08. The molecule has 1 aliphatic heterocycles. The van der Waals surface area contributed by atoms with Gasteiger partial charge < -0.3 is 20.7 Å². The van der Waals surface area contributed by atoms with E-state index in [4.69, 9.17) is 10.5 Å². The Balaban J connectivity index is 2.03. The van der Waals surface area contributed by atoms with Gasteiger partial charge in [0.15, 0.2) is 11.5 Å². The van der Waals surface area contributed by atoms with Gasteiger partial charge in [0, 0.05) is 6.42 Å². The van der Waals surface area contributed by atoms with Crippen molar-refractivity contribution in [2.45, 2.75) is 51.2 Å². The van der Waals surface area contributed by atoms with Crippen LogP contribution in [-0.2, 0) is 4.74 Å². The Bertz CT molecular complexity index is 743. The highest BCUT2D eigenvalue weighted by atomic mass is 16.5. The summed E-state index contributed by atoms with van der Waals surface area (Å²) in [4.78, 5) is 12.6. The van der Waals surface area contributed by atoms with E-state index in [1.54, 1.807) is 25.3 Å². The van der Waals surface area contributed by atoms with Crippen LogP contribution in [0.15, 0.2) is 6.33 Å². The molecule has 1 saturated heterocycles. The van der Waals surface area contributed by atoms with Crippen LogP contribution in [0.4, 0.5) is 11.8 Å². The molecular formula is C14H22N6O4. The number of aliphatic hydroxyl groups is 2. The molecule has 24 heavy (non-hydrogen) atoms. The molecule has 0 saturated carbocycles. The molecule has 3 rings (SSSR count). The number of rotatable bonds is 3. The lowest BCUT2D eigenvalue weighted by Crippen LogP contribution is -2.40. The summed E-state index contributed by atoms with van der Waals surface area (Å²) in [5.41, 5.74) is 6.08. The molecule has 5 N–H and O–H groups in total. The van der Waals surface area contributed by atoms with Crippen LogP contribution in [0.2, 0.25) is 0 Å². The third-order valence-electron chi connectivity index (χ3n) is 3.96. The van der Waals surface area contributed by atoms with E-state index in [1.807, 2.05) is 0 Å². The van der Waals surface area contributed by atoms with Gasteiger partial charge in [0.2, 0.25) is 0 Å². The Morgan fingerprint density at radius 1 is 1.42 bits per heavy atom. The molecule has 0 spiro atoms. The zero-order chi connectivity index (χ0) is 17.6. The Hall–Kier alpha value is -2.01. The number of anilines is 2. The molecule has 1 aliphatic rings. The van der Waals surface area contributed by atoms with Crippen LogP contribution >= 0.6 is 0 Å². The van der Waals surface area contributed by atoms with Gasteiger partial charge >= 0.3 is 0 Å². The number of hydrogen-bond acceptors (Lipinski definition) is 9. The number of nitrogens with zero attached hydrogens (tertiary/aromatic N) is 5. The fraction of sp³-hybridized carbons (Fsp3) is 0.643. The van der Waals surface area contributed by atoms with E-state index in [2.05, 4.69) is 15.0 Å². The lowest BCUT2D eigenvalue weighted by atomic mass is 10.1. The summed E-state index contributed by atoms with van der Waals surface area (Å²) in [7, 11) is 0. The summed E-state index contributed by atoms with van der Waals surface area (Å²) in [5, 5.41) is 30.3. The Labute approximate surface area is 138 Å². The maximum Gasteiger partial charge on any atom is 0.254 e. The summed E-state index contributed by atoms with van der Waals surface area (Å²) >= 11 is 0. The van der Waals surface area contributed by atoms with E-state index in [9.17, 15) is 15.4 Å². The van der Waals surface area contributed by atoms with Crippen molar-refractivity contribution in [1.29, 1.82) is 0 Å². The predicted octanol–water partition coefficient (Wildman–Crippen LogP) is 0.0433. The van der Waals surface area contributed by atoms with E-state index in [0.29, 0.717) is 11.2 Å². The number of hydrogen-bond donors (Lipinski definition) is 4. The second-order valence-electron chi connectivity index (χ2n) is 6.83. The molecule has 0 unspecified atom stereocenters. The van der Waals surface area contributed by atoms with Crippen molar-refractivity contribution in [3.05, 3.63) is 6.33 Å². The van der Waals surface area contributed by atoms with Crippen LogP contribution in [0, 0.1) is 0 Å². The van der Waals surface area contributed by atoms with Gasteiger partial charge in [-0.2, -0.15) is 9.97 Å². The average Bonchev–Trinajstić information content (AvgIpc) is 3.08. The normalized spacial score (nSPS) is 24.7. The quantitative estimate of drug-likeness (QED) is 0.570. The second-order valence-corrected chi connectivity index (χ2v) is 6.83. The number of aromatic nitrogens is 4. The highest BCUT2D eigenvalue weighted by molar-refractivity contribution is 5.83. The van der Waals surface area contributed by atoms with Crippen LogP contribution in [0.1, 0.15) is 33.4 Å². The van der Waals surface area contributed by atoms with Crippen molar-refractivity contribution in [3.63, 3.8) is 0 Å². The molecule has 0 aromatic carbocycles. The molecular weight excluding hydrogens is 316 g/mol. The first-order chi connectivity index (χ1) is 11.2. The molecule has 0 bridgehead atoms. The molecule has 10 nitrogen and oxygen atoms in total. The van der Waals surface area contributed by atoms with Crippen LogP contribution in [0.5, 0.6) is 0 Å². The van der Waals surface area contributed by atoms with Crippen LogP contribution < -0.4 is 10.8 Å². The number of nitrogen functional groups attached to an aromatic ring is 1. The number of imidazole rings is 1. The molecule has 3 heterocycles. The highest BCUT2D eigenvalue weighted by Crippen LogP contribution is 2.32. The first kappa shape index (κ1) is 16.8. The van der Waals surface area contributed by atoms with Gasteiger partial charge in [-0.1, -0.05) is 0 Å². The Morgan fingerprint density at radius 3 is 2.71 bits per heavy atom. The van der Waals surface area contributed by atoms with E-state index in [0.717, 1.165) is 5.06 Å². The molecule has 1 fully saturated rings. The van der Waals surface area contributed by atoms with Gasteiger partial charge in [-0.15, -0.1) is 0 Å². The number of aliphatic hydroxyl groups excluding tert-OH is 2. The van der Waals surface area contributed by atoms with Crippen LogP contribution in [0.3, 0.4) is 0 Å². The minimum absolute atomic E-state index is 0.0477. The Morgan fingerprint density at radius 2 is 2.12 bits per heavy atom. The molecule has 0 aliphatic carbocycles. The molecule has 10 heteroatoms. The average molecular weight is 338 g/mol. The van der Waals surface area contributed by atoms with Gasteiger partial charge in [0.05, 0.1) is 24.6 Å². The summed E-state index contributed by atoms with van der Waals surface area (Å²) in [5.74, 6) is 0.181. The van der Waals surface area contributed by atoms with Crippen molar-refractivity contribution in [2.24, 2.45) is 0 Å². The number of hydroxylamine groups is 1. The van der Waals surface area contributed by atoms with Crippen molar-refractivity contribution < 1.29 is 20.2 Å². The third-order valence-corrected chi connectivity index (χ3v) is 3.96. The first-order valence-electron chi connectivity index (χ1n) is 7.66. The zero-order valence-corrected chi connectivity index (χ0v) is 13.8. The van der Waals surface area contributed by atoms with Crippen molar-refractivity contribution >= 4 is 22.9 Å². The van der Waals surface area contributed by atoms with Gasteiger partial charge in [-0.3, -0.25) is 9.77 Å². The van der Waals surface area contributed by atoms with Crippen molar-refractivity contribution in [2.75, 3.05) is 17.4 Å². The summed E-state index contributed by atoms with van der Waals surface area (Å²) in [6, 6.07) is 0. The number of nitrogens with two attached hydrogens (primary N) is 1. The fourth-order valence-corrected chi connectivity index (χ4v) is 2.58. The van der Waals surface area contributed by atoms with Crippen LogP contribution in [-0.4, -0.2) is 59.3 Å². The van der Waals surface area contributed by atoms with Gasteiger partial charge in [-0.05, 0) is 20.8 Å². The minimum atomic E-state index is -0.778. The molecule has 0 radical (unpaired) electrons. The molecule has 2 aromatic rings. The van der Waals surface area contributed by atoms with E-state index in [-0.39, 0.29) is 24.8 Å². The maximum atomic E-state index is 10.3. The molecule has 2 aromatic heterocycles. The minimum Gasteiger partial charge on any atom is -0.394 e. The standard InChI is InChI=1S/C14H22N6O4/c1-14(2,3)20(23)13-17-11(15)10-12(18-13)19(6-16-10)9-4-7(22)8(5-21)24-9/h6-9,21-23H,4-5H2,1-3H3,(H2,15,17,18)/t7-,8+,9+/m0/s1. The van der Waals surface area contributed by atoms with Gasteiger partial charge in [0.1, 0.15) is 17.8 Å². The highest BCUT2D eigenvalue weighted by Gasteiger charge is 2.35. The SMILES string of the molecule is CC(C)(C)N(O)c1nc(N)c2ncn([C@H]3C[C@H](O)[C@@H](CO)O3)c2n1. The largest absolute Gasteiger partial charge is 0.394 e. The van der Waals surface area contributed by atoms with Crippen LogP contribution in [0.25, 0.3) is 11.2 Å². The smallest absolute Gasteiger partial charge is 0.254 e. The second kappa shape index (κ2) is 5.81. The summed E-state index contributed by atoms with van der Waals surface area (Å²) in [6.45, 7) is 5.13. The molecule has 132 valence electrons. The lowest BCUT2D eigenvalue weighted by Gasteiger charge is -2.29. The molecule has 0 amide bonds. The zero-order valence-electron chi connectivity index (χ0n) is 13.8. The van der Waals surface area contributed by atoms with Crippen molar-refractivity contribution in [3.8, 4) is 0 Å². The monoisotopic (exact) mass is 338 g/mol. The maximum absolute atomic E-state index is 10.3. The van der Waals surface area contributed by atoms with E-state index < -0.39 is 24.0 Å². The first-order valence-corrected chi connectivity index (χ1v) is 7.66. The van der Waals surface area contributed by atoms with Gasteiger partial charge in [0.25, 0.3) is 5.95 Å². The predicted molar refractivity (Wildman–Crippen MR) is 85.4 cm³/mol. The van der Waals surface area contributed by atoms with Gasteiger partial charge in [-0.25, -0.2) is 10.0 Å². The summed E-state index contributed by atoms with van der Waals surface area (Å²) < 4.78 is 7.25. The fourth-order valence-electron chi connectivity index (χ4n) is 2.58. The summed E-state index contributed by atoms with van der Waals surface area (Å²) in [6.07, 6.45) is -0.186. The van der Waals surface area contributed by atoms with E-state index >= 15 is 0 Å². The number of ether oxygens (including phenoxy) is 1. The molecule has 3 atom stereocenters. The third kappa shape index (κ3) is 2.77. The topological polar surface area (TPSA) is 143 Å². The van der Waals surface area contributed by atoms with Crippen molar-refractivity contribution in [1.82, 2.24) is 19.5 Å². The van der Waals surface area contributed by atoms with E-state index in [1.165, 1.54) is 6.33 Å². The lowest BCUT2D eigenvalue weighted by molar-refractivity contribution is -0.0432.